The van der Waals surface area contributed by atoms with E-state index in [1.807, 2.05) is 0 Å². The van der Waals surface area contributed by atoms with E-state index in [2.05, 4.69) is 10.6 Å². The standard InChI is InChI=1S/C20H17F3N2O3/c1-10-18(26)25-16-8-13(6-7-17(16)28-10)24-19(27)15-9-14(15)11-2-4-12(5-3-11)20(21,22)23/h2-8,10,14-15H,9H2,1H3,(H,24,27)(H,25,26). The summed E-state index contributed by atoms with van der Waals surface area (Å²) in [4.78, 5) is 24.2. The second-order valence-electron chi connectivity index (χ2n) is 7.02. The molecule has 5 nitrogen and oxygen atoms in total. The van der Waals surface area contributed by atoms with Gasteiger partial charge in [0.25, 0.3) is 5.91 Å². The van der Waals surface area contributed by atoms with Gasteiger partial charge in [0, 0.05) is 11.6 Å². The number of carbonyl (C=O) groups excluding carboxylic acids is 2. The lowest BCUT2D eigenvalue weighted by Crippen LogP contribution is -2.34. The van der Waals surface area contributed by atoms with Gasteiger partial charge in [0.15, 0.2) is 6.10 Å². The predicted octanol–water partition coefficient (Wildman–Crippen LogP) is 4.17. The van der Waals surface area contributed by atoms with Crippen molar-refractivity contribution in [2.24, 2.45) is 5.92 Å². The Hall–Kier alpha value is -3.03. The minimum Gasteiger partial charge on any atom is -0.479 e. The molecule has 0 spiro atoms. The highest BCUT2D eigenvalue weighted by molar-refractivity contribution is 6.00. The molecule has 1 aliphatic carbocycles. The minimum absolute atomic E-state index is 0.0937. The summed E-state index contributed by atoms with van der Waals surface area (Å²) in [7, 11) is 0. The first-order valence-electron chi connectivity index (χ1n) is 8.82. The van der Waals surface area contributed by atoms with Crippen LogP contribution in [0.25, 0.3) is 0 Å². The van der Waals surface area contributed by atoms with Gasteiger partial charge in [-0.3, -0.25) is 9.59 Å². The Labute approximate surface area is 158 Å². The van der Waals surface area contributed by atoms with Crippen LogP contribution >= 0.6 is 0 Å². The maximum absolute atomic E-state index is 12.6. The summed E-state index contributed by atoms with van der Waals surface area (Å²) < 4.78 is 43.4. The molecule has 2 aromatic carbocycles. The average molecular weight is 390 g/mol. The Balaban J connectivity index is 1.40. The maximum Gasteiger partial charge on any atom is 0.416 e. The van der Waals surface area contributed by atoms with Crippen molar-refractivity contribution in [1.29, 1.82) is 0 Å². The molecule has 28 heavy (non-hydrogen) atoms. The first-order chi connectivity index (χ1) is 13.2. The number of ether oxygens (including phenoxy) is 1. The monoisotopic (exact) mass is 390 g/mol. The quantitative estimate of drug-likeness (QED) is 0.827. The molecule has 3 unspecified atom stereocenters. The fraction of sp³-hybridized carbons (Fsp3) is 0.300. The largest absolute Gasteiger partial charge is 0.479 e. The number of nitrogens with one attached hydrogen (secondary N) is 2. The molecule has 0 radical (unpaired) electrons. The van der Waals surface area contributed by atoms with Gasteiger partial charge in [0.2, 0.25) is 5.91 Å². The van der Waals surface area contributed by atoms with Gasteiger partial charge in [-0.25, -0.2) is 0 Å². The lowest BCUT2D eigenvalue weighted by molar-refractivity contribution is -0.137. The maximum atomic E-state index is 12.6. The Morgan fingerprint density at radius 3 is 2.57 bits per heavy atom. The number of hydrogen-bond donors (Lipinski definition) is 2. The Morgan fingerprint density at radius 2 is 1.89 bits per heavy atom. The molecular weight excluding hydrogens is 373 g/mol. The Bertz CT molecular complexity index is 941. The fourth-order valence-electron chi connectivity index (χ4n) is 3.29. The molecule has 2 N–H and O–H groups in total. The lowest BCUT2D eigenvalue weighted by atomic mass is 10.1. The highest BCUT2D eigenvalue weighted by Gasteiger charge is 2.44. The molecule has 1 heterocycles. The van der Waals surface area contributed by atoms with Crippen LogP contribution in [0.15, 0.2) is 42.5 Å². The third kappa shape index (κ3) is 3.54. The van der Waals surface area contributed by atoms with Crippen LogP contribution in [0.2, 0.25) is 0 Å². The zero-order valence-corrected chi connectivity index (χ0v) is 14.8. The molecule has 0 saturated heterocycles. The van der Waals surface area contributed by atoms with E-state index in [0.717, 1.165) is 12.1 Å². The average Bonchev–Trinajstić information content (AvgIpc) is 3.43. The SMILES string of the molecule is CC1Oc2ccc(NC(=O)C3CC3c3ccc(C(F)(F)F)cc3)cc2NC1=O. The Kier molecular flexibility index (Phi) is 4.28. The molecule has 2 aromatic rings. The van der Waals surface area contributed by atoms with Crippen LogP contribution in [0.3, 0.4) is 0 Å². The van der Waals surface area contributed by atoms with E-state index in [4.69, 9.17) is 4.74 Å². The second kappa shape index (κ2) is 6.54. The van der Waals surface area contributed by atoms with Gasteiger partial charge >= 0.3 is 6.18 Å². The van der Waals surface area contributed by atoms with Crippen molar-refractivity contribution in [2.45, 2.75) is 31.5 Å². The number of rotatable bonds is 3. The van der Waals surface area contributed by atoms with Crippen LogP contribution in [0, 0.1) is 5.92 Å². The van der Waals surface area contributed by atoms with Gasteiger partial charge in [-0.2, -0.15) is 13.2 Å². The molecule has 2 amide bonds. The molecule has 8 heteroatoms. The number of halogens is 3. The van der Waals surface area contributed by atoms with Crippen molar-refractivity contribution in [3.63, 3.8) is 0 Å². The summed E-state index contributed by atoms with van der Waals surface area (Å²) in [5.41, 5.74) is 1.01. The molecule has 0 aromatic heterocycles. The molecule has 1 aliphatic heterocycles. The van der Waals surface area contributed by atoms with Crippen molar-refractivity contribution in [2.75, 3.05) is 10.6 Å². The number of anilines is 2. The van der Waals surface area contributed by atoms with E-state index < -0.39 is 17.8 Å². The highest BCUT2D eigenvalue weighted by atomic mass is 19.4. The minimum atomic E-state index is -4.37. The van der Waals surface area contributed by atoms with E-state index >= 15 is 0 Å². The van der Waals surface area contributed by atoms with Crippen LogP contribution in [0.5, 0.6) is 5.75 Å². The summed E-state index contributed by atoms with van der Waals surface area (Å²) in [6.45, 7) is 1.64. The third-order valence-corrected chi connectivity index (χ3v) is 4.97. The number of benzene rings is 2. The second-order valence-corrected chi connectivity index (χ2v) is 7.02. The van der Waals surface area contributed by atoms with Gasteiger partial charge in [0.05, 0.1) is 11.3 Å². The number of fused-ring (bicyclic) bond motifs is 1. The first kappa shape index (κ1) is 18.3. The highest BCUT2D eigenvalue weighted by Crippen LogP contribution is 2.48. The lowest BCUT2D eigenvalue weighted by Gasteiger charge is -2.23. The summed E-state index contributed by atoms with van der Waals surface area (Å²) in [5, 5.41) is 5.50. The predicted molar refractivity (Wildman–Crippen MR) is 96.1 cm³/mol. The summed E-state index contributed by atoms with van der Waals surface area (Å²) in [6.07, 6.45) is -4.37. The summed E-state index contributed by atoms with van der Waals surface area (Å²) in [5.74, 6) is -0.330. The van der Waals surface area contributed by atoms with E-state index in [0.29, 0.717) is 29.1 Å². The van der Waals surface area contributed by atoms with Gasteiger partial charge in [-0.05, 0) is 55.2 Å². The van der Waals surface area contributed by atoms with Crippen LogP contribution in [-0.4, -0.2) is 17.9 Å². The van der Waals surface area contributed by atoms with Crippen molar-refractivity contribution < 1.29 is 27.5 Å². The van der Waals surface area contributed by atoms with Crippen LogP contribution in [0.4, 0.5) is 24.5 Å². The first-order valence-corrected chi connectivity index (χ1v) is 8.82. The van der Waals surface area contributed by atoms with Gasteiger partial charge in [0.1, 0.15) is 5.75 Å². The number of hydrogen-bond acceptors (Lipinski definition) is 3. The normalized spacial score (nSPS) is 23.3. The number of carbonyl (C=O) groups is 2. The zero-order chi connectivity index (χ0) is 20.1. The van der Waals surface area contributed by atoms with Crippen LogP contribution in [0.1, 0.15) is 30.4 Å². The van der Waals surface area contributed by atoms with Gasteiger partial charge in [-0.15, -0.1) is 0 Å². The molecule has 1 saturated carbocycles. The van der Waals surface area contributed by atoms with Crippen molar-refractivity contribution in [1.82, 2.24) is 0 Å². The summed E-state index contributed by atoms with van der Waals surface area (Å²) in [6, 6.07) is 9.89. The molecule has 4 rings (SSSR count). The molecule has 146 valence electrons. The van der Waals surface area contributed by atoms with Crippen LogP contribution < -0.4 is 15.4 Å². The number of amides is 2. The fourth-order valence-corrected chi connectivity index (χ4v) is 3.29. The topological polar surface area (TPSA) is 67.4 Å². The van der Waals surface area contributed by atoms with Crippen molar-refractivity contribution in [3.05, 3.63) is 53.6 Å². The molecule has 3 atom stereocenters. The molecule has 1 fully saturated rings. The zero-order valence-electron chi connectivity index (χ0n) is 14.8. The van der Waals surface area contributed by atoms with E-state index in [1.54, 1.807) is 25.1 Å². The Morgan fingerprint density at radius 1 is 1.18 bits per heavy atom. The molecule has 2 aliphatic rings. The summed E-state index contributed by atoms with van der Waals surface area (Å²) >= 11 is 0. The van der Waals surface area contributed by atoms with Gasteiger partial charge < -0.3 is 15.4 Å². The number of alkyl halides is 3. The van der Waals surface area contributed by atoms with Crippen molar-refractivity contribution in [3.8, 4) is 5.75 Å². The third-order valence-electron chi connectivity index (χ3n) is 4.97. The van der Waals surface area contributed by atoms with E-state index in [1.165, 1.54) is 12.1 Å². The smallest absolute Gasteiger partial charge is 0.416 e. The molecule has 0 bridgehead atoms. The van der Waals surface area contributed by atoms with E-state index in [9.17, 15) is 22.8 Å². The van der Waals surface area contributed by atoms with Crippen molar-refractivity contribution >= 4 is 23.2 Å². The van der Waals surface area contributed by atoms with Crippen LogP contribution in [-0.2, 0) is 15.8 Å². The van der Waals surface area contributed by atoms with E-state index in [-0.39, 0.29) is 23.7 Å². The van der Waals surface area contributed by atoms with Gasteiger partial charge in [-0.1, -0.05) is 12.1 Å². The molecular formula is C20H17F3N2O3.